The Bertz CT molecular complexity index is 730. The van der Waals surface area contributed by atoms with Crippen molar-refractivity contribution in [2.75, 3.05) is 12.4 Å². The summed E-state index contributed by atoms with van der Waals surface area (Å²) >= 11 is 5.86. The lowest BCUT2D eigenvalue weighted by Crippen LogP contribution is -2.36. The van der Waals surface area contributed by atoms with E-state index in [0.717, 1.165) is 18.4 Å². The molecule has 0 heterocycles. The third-order valence-electron chi connectivity index (χ3n) is 3.94. The number of aromatic hydroxyl groups is 1. The molecule has 3 rings (SSSR count). The summed E-state index contributed by atoms with van der Waals surface area (Å²) in [5, 5.41) is 13.2. The van der Waals surface area contributed by atoms with Gasteiger partial charge in [-0.25, -0.2) is 4.79 Å². The SMILES string of the molecule is COc1cc(CN(C(=O)Nc2ccc(Cl)cc2)C2CC2)ccc1O. The zero-order valence-corrected chi connectivity index (χ0v) is 14.1. The van der Waals surface area contributed by atoms with Gasteiger partial charge in [0.15, 0.2) is 11.5 Å². The molecule has 0 radical (unpaired) electrons. The number of nitrogens with one attached hydrogen (secondary N) is 1. The number of phenolic OH excluding ortho intramolecular Hbond substituents is 1. The highest BCUT2D eigenvalue weighted by Gasteiger charge is 2.32. The number of urea groups is 1. The smallest absolute Gasteiger partial charge is 0.322 e. The second-order valence-corrected chi connectivity index (χ2v) is 6.24. The van der Waals surface area contributed by atoms with Gasteiger partial charge in [-0.1, -0.05) is 17.7 Å². The fourth-order valence-electron chi connectivity index (χ4n) is 2.50. The fraction of sp³-hybridized carbons (Fsp3) is 0.278. The Morgan fingerprint density at radius 3 is 2.62 bits per heavy atom. The van der Waals surface area contributed by atoms with Gasteiger partial charge in [0, 0.05) is 23.3 Å². The summed E-state index contributed by atoms with van der Waals surface area (Å²) in [6.45, 7) is 0.459. The molecule has 2 aromatic rings. The van der Waals surface area contributed by atoms with Crippen molar-refractivity contribution in [1.29, 1.82) is 0 Å². The van der Waals surface area contributed by atoms with Crippen molar-refractivity contribution < 1.29 is 14.6 Å². The van der Waals surface area contributed by atoms with Gasteiger partial charge in [-0.3, -0.25) is 0 Å². The number of benzene rings is 2. The van der Waals surface area contributed by atoms with Gasteiger partial charge in [0.25, 0.3) is 0 Å². The van der Waals surface area contributed by atoms with Crippen LogP contribution in [0.1, 0.15) is 18.4 Å². The minimum atomic E-state index is -0.146. The standard InChI is InChI=1S/C18H19ClN2O3/c1-24-17-10-12(2-9-16(17)22)11-21(15-7-8-15)18(23)20-14-5-3-13(19)4-6-14/h2-6,9-10,15,22H,7-8,11H2,1H3,(H,20,23). The summed E-state index contributed by atoms with van der Waals surface area (Å²) < 4.78 is 5.13. The molecule has 2 aromatic carbocycles. The van der Waals surface area contributed by atoms with Gasteiger partial charge in [0.2, 0.25) is 0 Å². The van der Waals surface area contributed by atoms with Gasteiger partial charge in [0.05, 0.1) is 7.11 Å². The first-order valence-electron chi connectivity index (χ1n) is 7.76. The van der Waals surface area contributed by atoms with E-state index in [1.807, 2.05) is 0 Å². The number of anilines is 1. The lowest BCUT2D eigenvalue weighted by molar-refractivity contribution is 0.206. The van der Waals surface area contributed by atoms with Crippen LogP contribution in [0.15, 0.2) is 42.5 Å². The normalized spacial score (nSPS) is 13.4. The molecular weight excluding hydrogens is 328 g/mol. The van der Waals surface area contributed by atoms with Crippen LogP contribution in [0.3, 0.4) is 0 Å². The number of nitrogens with zero attached hydrogens (tertiary/aromatic N) is 1. The lowest BCUT2D eigenvalue weighted by atomic mass is 10.2. The van der Waals surface area contributed by atoms with E-state index in [9.17, 15) is 9.90 Å². The highest BCUT2D eigenvalue weighted by Crippen LogP contribution is 2.31. The van der Waals surface area contributed by atoms with Gasteiger partial charge in [0.1, 0.15) is 0 Å². The fourth-order valence-corrected chi connectivity index (χ4v) is 2.62. The molecule has 1 fully saturated rings. The summed E-state index contributed by atoms with van der Waals surface area (Å²) in [6.07, 6.45) is 2.01. The molecule has 0 aromatic heterocycles. The Morgan fingerprint density at radius 1 is 1.29 bits per heavy atom. The molecule has 126 valence electrons. The Balaban J connectivity index is 1.72. The number of carbonyl (C=O) groups is 1. The third-order valence-corrected chi connectivity index (χ3v) is 4.19. The van der Waals surface area contributed by atoms with Crippen LogP contribution >= 0.6 is 11.6 Å². The molecule has 0 aliphatic heterocycles. The maximum atomic E-state index is 12.6. The quantitative estimate of drug-likeness (QED) is 0.850. The highest BCUT2D eigenvalue weighted by molar-refractivity contribution is 6.30. The number of phenols is 1. The Hall–Kier alpha value is -2.40. The van der Waals surface area contributed by atoms with E-state index >= 15 is 0 Å². The Kier molecular flexibility index (Phi) is 4.81. The van der Waals surface area contributed by atoms with Gasteiger partial charge < -0.3 is 20.1 Å². The third kappa shape index (κ3) is 3.92. The largest absolute Gasteiger partial charge is 0.504 e. The number of rotatable bonds is 5. The molecular formula is C18H19ClN2O3. The molecule has 2 amide bonds. The topological polar surface area (TPSA) is 61.8 Å². The first-order chi connectivity index (χ1) is 11.6. The van der Waals surface area contributed by atoms with E-state index in [1.54, 1.807) is 47.4 Å². The van der Waals surface area contributed by atoms with Gasteiger partial charge in [-0.05, 0) is 54.8 Å². The van der Waals surface area contributed by atoms with E-state index in [2.05, 4.69) is 5.32 Å². The van der Waals surface area contributed by atoms with E-state index in [4.69, 9.17) is 16.3 Å². The van der Waals surface area contributed by atoms with Crippen LogP contribution in [0.25, 0.3) is 0 Å². The molecule has 1 aliphatic rings. The number of carbonyl (C=O) groups excluding carboxylic acids is 1. The number of hydrogen-bond donors (Lipinski definition) is 2. The van der Waals surface area contributed by atoms with Crippen molar-refractivity contribution >= 4 is 23.3 Å². The lowest BCUT2D eigenvalue weighted by Gasteiger charge is -2.23. The van der Waals surface area contributed by atoms with Crippen molar-refractivity contribution in [3.05, 3.63) is 53.1 Å². The van der Waals surface area contributed by atoms with Crippen molar-refractivity contribution in [2.24, 2.45) is 0 Å². The second-order valence-electron chi connectivity index (χ2n) is 5.80. The van der Waals surface area contributed by atoms with Crippen LogP contribution in [0.4, 0.5) is 10.5 Å². The van der Waals surface area contributed by atoms with Crippen LogP contribution in [0.2, 0.25) is 5.02 Å². The first kappa shape index (κ1) is 16.5. The van der Waals surface area contributed by atoms with Crippen molar-refractivity contribution in [3.63, 3.8) is 0 Å². The second kappa shape index (κ2) is 7.01. The monoisotopic (exact) mass is 346 g/mol. The molecule has 0 unspecified atom stereocenters. The average Bonchev–Trinajstić information content (AvgIpc) is 3.41. The van der Waals surface area contributed by atoms with Gasteiger partial charge in [-0.2, -0.15) is 0 Å². The molecule has 5 nitrogen and oxygen atoms in total. The summed E-state index contributed by atoms with van der Waals surface area (Å²) in [5.41, 5.74) is 1.61. The van der Waals surface area contributed by atoms with Gasteiger partial charge in [-0.15, -0.1) is 0 Å². The molecule has 2 N–H and O–H groups in total. The zero-order valence-electron chi connectivity index (χ0n) is 13.3. The maximum Gasteiger partial charge on any atom is 0.322 e. The number of ether oxygens (including phenoxy) is 1. The van der Waals surface area contributed by atoms with Crippen LogP contribution in [-0.2, 0) is 6.54 Å². The summed E-state index contributed by atoms with van der Waals surface area (Å²) in [5.74, 6) is 0.492. The van der Waals surface area contributed by atoms with E-state index in [0.29, 0.717) is 23.0 Å². The predicted molar refractivity (Wildman–Crippen MR) is 93.7 cm³/mol. The van der Waals surface area contributed by atoms with Crippen LogP contribution in [0.5, 0.6) is 11.5 Å². The van der Waals surface area contributed by atoms with Gasteiger partial charge >= 0.3 is 6.03 Å². The summed E-state index contributed by atoms with van der Waals surface area (Å²) in [6, 6.07) is 12.2. The molecule has 0 atom stereocenters. The van der Waals surface area contributed by atoms with Crippen LogP contribution in [0, 0.1) is 0 Å². The number of hydrogen-bond acceptors (Lipinski definition) is 3. The minimum absolute atomic E-state index is 0.0878. The molecule has 1 aliphatic carbocycles. The van der Waals surface area contributed by atoms with Crippen LogP contribution < -0.4 is 10.1 Å². The first-order valence-corrected chi connectivity index (χ1v) is 8.13. The number of methoxy groups -OCH3 is 1. The Morgan fingerprint density at radius 2 is 2.00 bits per heavy atom. The molecule has 6 heteroatoms. The molecule has 0 spiro atoms. The van der Waals surface area contributed by atoms with Crippen LogP contribution in [-0.4, -0.2) is 29.2 Å². The maximum absolute atomic E-state index is 12.6. The summed E-state index contributed by atoms with van der Waals surface area (Å²) in [7, 11) is 1.50. The van der Waals surface area contributed by atoms with Crippen molar-refractivity contribution in [2.45, 2.75) is 25.4 Å². The van der Waals surface area contributed by atoms with E-state index in [-0.39, 0.29) is 17.8 Å². The average molecular weight is 347 g/mol. The predicted octanol–water partition coefficient (Wildman–Crippen LogP) is 4.25. The zero-order chi connectivity index (χ0) is 17.1. The molecule has 0 bridgehead atoms. The Labute approximate surface area is 145 Å². The molecule has 0 saturated heterocycles. The molecule has 1 saturated carbocycles. The molecule has 24 heavy (non-hydrogen) atoms. The number of halogens is 1. The highest BCUT2D eigenvalue weighted by atomic mass is 35.5. The minimum Gasteiger partial charge on any atom is -0.504 e. The van der Waals surface area contributed by atoms with Crippen molar-refractivity contribution in [3.8, 4) is 11.5 Å². The van der Waals surface area contributed by atoms with E-state index in [1.165, 1.54) is 7.11 Å². The summed E-state index contributed by atoms with van der Waals surface area (Å²) in [4.78, 5) is 14.4. The van der Waals surface area contributed by atoms with Crippen molar-refractivity contribution in [1.82, 2.24) is 4.90 Å². The van der Waals surface area contributed by atoms with E-state index < -0.39 is 0 Å². The number of amides is 2.